The van der Waals surface area contributed by atoms with E-state index in [-0.39, 0.29) is 22.9 Å². The van der Waals surface area contributed by atoms with Crippen LogP contribution in [0.2, 0.25) is 0 Å². The van der Waals surface area contributed by atoms with Gasteiger partial charge in [-0.15, -0.1) is 0 Å². The predicted molar refractivity (Wildman–Crippen MR) is 113 cm³/mol. The minimum absolute atomic E-state index is 0.0917. The Hall–Kier alpha value is -3.03. The molecule has 0 aliphatic heterocycles. The molecular formula is C23H27N5O3. The van der Waals surface area contributed by atoms with Crippen molar-refractivity contribution < 1.29 is 14.3 Å². The van der Waals surface area contributed by atoms with Crippen molar-refractivity contribution in [2.75, 3.05) is 0 Å². The molecule has 31 heavy (non-hydrogen) atoms. The number of nitrogens with zero attached hydrogens (tertiary/aromatic N) is 3. The van der Waals surface area contributed by atoms with Crippen LogP contribution in [0.3, 0.4) is 0 Å². The first-order valence-corrected chi connectivity index (χ1v) is 10.8. The monoisotopic (exact) mass is 421 g/mol. The number of aryl methyl sites for hydroxylation is 2. The van der Waals surface area contributed by atoms with Crippen LogP contribution < -0.4 is 15.4 Å². The fraction of sp³-hybridized carbons (Fsp3) is 0.522. The van der Waals surface area contributed by atoms with Crippen molar-refractivity contribution in [1.29, 1.82) is 0 Å². The summed E-state index contributed by atoms with van der Waals surface area (Å²) in [7, 11) is 0. The van der Waals surface area contributed by atoms with Gasteiger partial charge in [0, 0.05) is 29.7 Å². The highest BCUT2D eigenvalue weighted by atomic mass is 16.6. The average Bonchev–Trinajstić information content (AvgIpc) is 2.66. The Balaban J connectivity index is 1.32. The molecule has 8 nitrogen and oxygen atoms in total. The van der Waals surface area contributed by atoms with Crippen LogP contribution in [0.25, 0.3) is 0 Å². The van der Waals surface area contributed by atoms with E-state index in [1.807, 2.05) is 13.0 Å². The van der Waals surface area contributed by atoms with Gasteiger partial charge >= 0.3 is 6.09 Å². The lowest BCUT2D eigenvalue weighted by molar-refractivity contribution is -0.0449. The molecule has 2 aromatic rings. The SMILES string of the molecule is Cc1cncc(C(=O)NC23CC4CC(CC(NC(=O)Oc5cncc(C)n5)(C4)C2)C3)c1. The van der Waals surface area contributed by atoms with Crippen molar-refractivity contribution in [3.05, 3.63) is 47.7 Å². The van der Waals surface area contributed by atoms with Crippen molar-refractivity contribution >= 4 is 12.0 Å². The molecule has 4 bridgehead atoms. The smallest absolute Gasteiger partial charge is 0.390 e. The third-order valence-corrected chi connectivity index (χ3v) is 6.87. The molecule has 0 radical (unpaired) electrons. The van der Waals surface area contributed by atoms with Crippen LogP contribution >= 0.6 is 0 Å². The second kappa shape index (κ2) is 7.28. The topological polar surface area (TPSA) is 106 Å². The van der Waals surface area contributed by atoms with Gasteiger partial charge in [-0.3, -0.25) is 14.8 Å². The molecule has 6 rings (SSSR count). The maximum absolute atomic E-state index is 13.0. The molecule has 2 amide bonds. The maximum Gasteiger partial charge on any atom is 0.414 e. The number of carbonyl (C=O) groups is 2. The van der Waals surface area contributed by atoms with Gasteiger partial charge in [-0.25, -0.2) is 9.78 Å². The summed E-state index contributed by atoms with van der Waals surface area (Å²) in [5, 5.41) is 6.48. The molecule has 4 aliphatic rings. The summed E-state index contributed by atoms with van der Waals surface area (Å²) < 4.78 is 5.41. The minimum atomic E-state index is -0.508. The summed E-state index contributed by atoms with van der Waals surface area (Å²) in [6.07, 6.45) is 11.5. The summed E-state index contributed by atoms with van der Waals surface area (Å²) in [5.74, 6) is 1.07. The van der Waals surface area contributed by atoms with Gasteiger partial charge in [-0.2, -0.15) is 0 Å². The van der Waals surface area contributed by atoms with Crippen molar-refractivity contribution in [3.63, 3.8) is 0 Å². The Morgan fingerprint density at radius 1 is 0.968 bits per heavy atom. The van der Waals surface area contributed by atoms with Gasteiger partial charge in [-0.05, 0) is 75.8 Å². The summed E-state index contributed by atoms with van der Waals surface area (Å²) in [6.45, 7) is 3.73. The Kier molecular flexibility index (Phi) is 4.68. The van der Waals surface area contributed by atoms with Crippen LogP contribution in [0.5, 0.6) is 5.88 Å². The molecule has 2 heterocycles. The van der Waals surface area contributed by atoms with Crippen LogP contribution in [0, 0.1) is 25.7 Å². The fourth-order valence-electron chi connectivity index (χ4n) is 6.37. The van der Waals surface area contributed by atoms with Crippen LogP contribution in [0.4, 0.5) is 4.79 Å². The average molecular weight is 422 g/mol. The second-order valence-corrected chi connectivity index (χ2v) is 9.74. The molecule has 0 aromatic carbocycles. The van der Waals surface area contributed by atoms with Crippen molar-refractivity contribution in [2.24, 2.45) is 11.8 Å². The number of ether oxygens (including phenoxy) is 1. The first-order valence-electron chi connectivity index (χ1n) is 10.8. The largest absolute Gasteiger partial charge is 0.414 e. The number of pyridine rings is 1. The summed E-state index contributed by atoms with van der Waals surface area (Å²) in [6, 6.07) is 1.86. The highest BCUT2D eigenvalue weighted by Gasteiger charge is 2.59. The number of rotatable bonds is 4. The van der Waals surface area contributed by atoms with Crippen LogP contribution in [-0.4, -0.2) is 38.0 Å². The Labute approximate surface area is 181 Å². The number of amides is 2. The molecule has 0 spiro atoms. The Morgan fingerprint density at radius 3 is 2.32 bits per heavy atom. The molecule has 4 saturated carbocycles. The van der Waals surface area contributed by atoms with Gasteiger partial charge in [0.15, 0.2) is 0 Å². The molecule has 4 aliphatic carbocycles. The third kappa shape index (κ3) is 3.98. The first-order chi connectivity index (χ1) is 14.8. The number of nitrogens with one attached hydrogen (secondary N) is 2. The summed E-state index contributed by atoms with van der Waals surface area (Å²) in [4.78, 5) is 38.1. The Bertz CT molecular complexity index is 1030. The van der Waals surface area contributed by atoms with Crippen LogP contribution in [0.1, 0.15) is 60.1 Å². The van der Waals surface area contributed by atoms with Gasteiger partial charge in [-0.1, -0.05) is 0 Å². The van der Waals surface area contributed by atoms with E-state index in [1.165, 1.54) is 6.20 Å². The zero-order chi connectivity index (χ0) is 21.6. The molecule has 2 unspecified atom stereocenters. The number of aromatic nitrogens is 3. The molecule has 0 saturated heterocycles. The van der Waals surface area contributed by atoms with Crippen molar-refractivity contribution in [1.82, 2.24) is 25.6 Å². The normalized spacial score (nSPS) is 30.6. The van der Waals surface area contributed by atoms with Crippen LogP contribution in [-0.2, 0) is 0 Å². The predicted octanol–water partition coefficient (Wildman–Crippen LogP) is 3.10. The highest BCUT2D eigenvalue weighted by molar-refractivity contribution is 5.94. The van der Waals surface area contributed by atoms with Gasteiger partial charge < -0.3 is 15.4 Å². The van der Waals surface area contributed by atoms with E-state index < -0.39 is 6.09 Å². The summed E-state index contributed by atoms with van der Waals surface area (Å²) >= 11 is 0. The number of carbonyl (C=O) groups excluding carboxylic acids is 2. The van der Waals surface area contributed by atoms with Crippen LogP contribution in [0.15, 0.2) is 30.9 Å². The fourth-order valence-corrected chi connectivity index (χ4v) is 6.37. The lowest BCUT2D eigenvalue weighted by atomic mass is 9.50. The van der Waals surface area contributed by atoms with Gasteiger partial charge in [0.05, 0.1) is 17.5 Å². The molecule has 8 heteroatoms. The zero-order valence-electron chi connectivity index (χ0n) is 17.9. The number of hydrogen-bond acceptors (Lipinski definition) is 6. The minimum Gasteiger partial charge on any atom is -0.390 e. The molecular weight excluding hydrogens is 394 g/mol. The zero-order valence-corrected chi connectivity index (χ0v) is 17.9. The van der Waals surface area contributed by atoms with E-state index >= 15 is 0 Å². The molecule has 2 atom stereocenters. The van der Waals surface area contributed by atoms with E-state index in [2.05, 4.69) is 25.6 Å². The molecule has 162 valence electrons. The standard InChI is InChI=1S/C23H27N5O3/c1-14-3-18(11-24-9-14)20(29)27-22-5-16-4-17(6-22)8-23(7-16,13-22)28-21(30)31-19-12-25-10-15(2)26-19/h3,9-12,16-17H,4-8,13H2,1-2H3,(H,27,29)(H,28,30). The highest BCUT2D eigenvalue weighted by Crippen LogP contribution is 2.57. The molecule has 4 fully saturated rings. The summed E-state index contributed by atoms with van der Waals surface area (Å²) in [5.41, 5.74) is 1.55. The second-order valence-electron chi connectivity index (χ2n) is 9.74. The van der Waals surface area contributed by atoms with E-state index in [4.69, 9.17) is 4.74 Å². The van der Waals surface area contributed by atoms with E-state index in [1.54, 1.807) is 25.5 Å². The maximum atomic E-state index is 13.0. The first kappa shape index (κ1) is 19.9. The quantitative estimate of drug-likeness (QED) is 0.786. The van der Waals surface area contributed by atoms with E-state index in [0.717, 1.165) is 37.7 Å². The van der Waals surface area contributed by atoms with Gasteiger partial charge in [0.1, 0.15) is 0 Å². The van der Waals surface area contributed by atoms with Crippen molar-refractivity contribution in [3.8, 4) is 5.88 Å². The molecule has 2 aromatic heterocycles. The number of hydrogen-bond donors (Lipinski definition) is 2. The van der Waals surface area contributed by atoms with Gasteiger partial charge in [0.25, 0.3) is 5.91 Å². The third-order valence-electron chi connectivity index (χ3n) is 6.87. The Morgan fingerprint density at radius 2 is 1.65 bits per heavy atom. The lowest BCUT2D eigenvalue weighted by Gasteiger charge is -2.62. The van der Waals surface area contributed by atoms with E-state index in [9.17, 15) is 9.59 Å². The molecule has 2 N–H and O–H groups in total. The van der Waals surface area contributed by atoms with E-state index in [0.29, 0.717) is 29.5 Å². The van der Waals surface area contributed by atoms with Gasteiger partial charge in [0.2, 0.25) is 5.88 Å². The van der Waals surface area contributed by atoms with Crippen molar-refractivity contribution in [2.45, 2.75) is 63.5 Å². The lowest BCUT2D eigenvalue weighted by Crippen LogP contribution is -2.70.